The monoisotopic (exact) mass is 663 g/mol. The van der Waals surface area contributed by atoms with Crippen molar-refractivity contribution in [2.45, 2.75) is 79.4 Å². The van der Waals surface area contributed by atoms with E-state index in [1.807, 2.05) is 48.9 Å². The van der Waals surface area contributed by atoms with Crippen molar-refractivity contribution in [1.82, 2.24) is 9.55 Å². The van der Waals surface area contributed by atoms with Crippen LogP contribution >= 0.6 is 0 Å². The first-order chi connectivity index (χ1) is 23.9. The summed E-state index contributed by atoms with van der Waals surface area (Å²) in [6.07, 6.45) is 11.2. The molecule has 0 aliphatic carbocycles. The summed E-state index contributed by atoms with van der Waals surface area (Å²) in [7, 11) is 0. The van der Waals surface area contributed by atoms with Gasteiger partial charge in [0.05, 0.1) is 24.8 Å². The van der Waals surface area contributed by atoms with Gasteiger partial charge in [0, 0.05) is 38.3 Å². The van der Waals surface area contributed by atoms with Crippen molar-refractivity contribution in [1.29, 1.82) is 0 Å². The molecule has 5 rings (SSSR count). The van der Waals surface area contributed by atoms with Gasteiger partial charge in [-0.25, -0.2) is 4.98 Å². The predicted octanol–water partition coefficient (Wildman–Crippen LogP) is 9.19. The Morgan fingerprint density at radius 1 is 0.878 bits per heavy atom. The van der Waals surface area contributed by atoms with Crippen molar-refractivity contribution in [3.05, 3.63) is 102 Å². The maximum atomic E-state index is 13.8. The van der Waals surface area contributed by atoms with Gasteiger partial charge in [-0.15, -0.1) is 0 Å². The van der Waals surface area contributed by atoms with Crippen LogP contribution in [-0.2, 0) is 29.1 Å². The minimum atomic E-state index is 0.172. The lowest BCUT2D eigenvalue weighted by molar-refractivity contribution is -0.115. The Morgan fingerprint density at radius 3 is 2.39 bits per heavy atom. The molecule has 1 aliphatic rings. The van der Waals surface area contributed by atoms with Crippen LogP contribution in [0.25, 0.3) is 17.2 Å². The maximum Gasteiger partial charge on any atom is 0.163 e. The molecule has 4 aromatic rings. The molecule has 0 bridgehead atoms. The zero-order valence-corrected chi connectivity index (χ0v) is 29.8. The van der Waals surface area contributed by atoms with Gasteiger partial charge in [-0.05, 0) is 102 Å². The Kier molecular flexibility index (Phi) is 13.5. The highest BCUT2D eigenvalue weighted by molar-refractivity contribution is 6.01. The number of carbonyl (C=O) groups excluding carboxylic acids is 1. The van der Waals surface area contributed by atoms with Crippen LogP contribution in [0.3, 0.4) is 0 Å². The molecule has 3 aromatic carbocycles. The summed E-state index contributed by atoms with van der Waals surface area (Å²) in [5.41, 5.74) is 7.44. The van der Waals surface area contributed by atoms with Crippen LogP contribution in [0.15, 0.2) is 84.8 Å². The largest absolute Gasteiger partial charge is 0.491 e. The van der Waals surface area contributed by atoms with Crippen LogP contribution in [-0.4, -0.2) is 48.2 Å². The van der Waals surface area contributed by atoms with E-state index in [2.05, 4.69) is 78.6 Å². The Hall–Kier alpha value is -4.36. The van der Waals surface area contributed by atoms with Gasteiger partial charge in [0.15, 0.2) is 5.78 Å². The fraction of sp³-hybridized carbons (Fsp3) is 0.429. The van der Waals surface area contributed by atoms with Crippen LogP contribution in [0.2, 0.25) is 0 Å². The number of ether oxygens (including phenoxy) is 3. The smallest absolute Gasteiger partial charge is 0.163 e. The first-order valence-corrected chi connectivity index (χ1v) is 18.1. The highest BCUT2D eigenvalue weighted by atomic mass is 16.5. The van der Waals surface area contributed by atoms with Crippen molar-refractivity contribution >= 4 is 17.5 Å². The standard InChI is InChI=1S/C42H53N3O4/c1-5-7-22-47-23-24-48-39-17-12-34(13-18-39)35-14-19-41-37(26-35)27-36(9-8-21-44(41)29-32(3)4)42(46)25-33-10-15-40(16-11-33)49-30-38-28-43-31-45(38)20-6-2/h10-19,26-28,31-32H,5-9,20-25,29-30H2,1-4H3. The normalized spacial score (nSPS) is 13.1. The number of hydrogen-bond donors (Lipinski definition) is 0. The summed E-state index contributed by atoms with van der Waals surface area (Å²) >= 11 is 0. The lowest BCUT2D eigenvalue weighted by atomic mass is 9.93. The van der Waals surface area contributed by atoms with Gasteiger partial charge in [0.25, 0.3) is 0 Å². The number of nitrogens with zero attached hydrogens (tertiary/aromatic N) is 3. The van der Waals surface area contributed by atoms with Crippen molar-refractivity contribution in [2.75, 3.05) is 37.8 Å². The quantitative estimate of drug-likeness (QED) is 0.0990. The molecule has 0 spiro atoms. The number of aromatic nitrogens is 2. The predicted molar refractivity (Wildman–Crippen MR) is 199 cm³/mol. The number of rotatable bonds is 18. The van der Waals surface area contributed by atoms with E-state index in [9.17, 15) is 4.79 Å². The fourth-order valence-corrected chi connectivity index (χ4v) is 6.21. The number of hydrogen-bond acceptors (Lipinski definition) is 6. The van der Waals surface area contributed by atoms with Gasteiger partial charge in [0.1, 0.15) is 24.7 Å². The molecule has 0 atom stereocenters. The second-order valence-corrected chi connectivity index (χ2v) is 13.3. The van der Waals surface area contributed by atoms with Gasteiger partial charge in [-0.1, -0.05) is 64.4 Å². The number of fused-ring (bicyclic) bond motifs is 1. The molecule has 0 fully saturated rings. The molecule has 0 unspecified atom stereocenters. The number of carbonyl (C=O) groups is 1. The molecular weight excluding hydrogens is 610 g/mol. The maximum absolute atomic E-state index is 13.8. The second kappa shape index (κ2) is 18.4. The number of aryl methyl sites for hydroxylation is 1. The van der Waals surface area contributed by atoms with Crippen LogP contribution in [0, 0.1) is 5.92 Å². The molecule has 260 valence electrons. The van der Waals surface area contributed by atoms with Crippen molar-refractivity contribution < 1.29 is 19.0 Å². The second-order valence-electron chi connectivity index (χ2n) is 13.3. The summed E-state index contributed by atoms with van der Waals surface area (Å²) < 4.78 is 19.7. The number of ketones is 1. The van der Waals surface area contributed by atoms with Gasteiger partial charge in [-0.3, -0.25) is 4.79 Å². The van der Waals surface area contributed by atoms with Gasteiger partial charge in [0.2, 0.25) is 0 Å². The third-order valence-corrected chi connectivity index (χ3v) is 8.78. The fourth-order valence-electron chi connectivity index (χ4n) is 6.21. The summed E-state index contributed by atoms with van der Waals surface area (Å²) in [6.45, 7) is 14.0. The highest BCUT2D eigenvalue weighted by Crippen LogP contribution is 2.33. The molecule has 0 N–H and O–H groups in total. The average molecular weight is 664 g/mol. The third-order valence-electron chi connectivity index (χ3n) is 8.78. The van der Waals surface area contributed by atoms with Crippen LogP contribution in [0.4, 0.5) is 5.69 Å². The number of allylic oxidation sites excluding steroid dienone is 1. The van der Waals surface area contributed by atoms with Crippen molar-refractivity contribution in [2.24, 2.45) is 5.92 Å². The summed E-state index contributed by atoms with van der Waals surface area (Å²) in [5.74, 6) is 2.33. The van der Waals surface area contributed by atoms with E-state index in [0.717, 1.165) is 103 Å². The Morgan fingerprint density at radius 2 is 1.63 bits per heavy atom. The van der Waals surface area contributed by atoms with E-state index in [1.165, 1.54) is 5.69 Å². The lowest BCUT2D eigenvalue weighted by Crippen LogP contribution is -2.30. The zero-order valence-electron chi connectivity index (χ0n) is 29.8. The minimum Gasteiger partial charge on any atom is -0.491 e. The molecule has 2 heterocycles. The van der Waals surface area contributed by atoms with E-state index in [1.54, 1.807) is 0 Å². The number of unbranched alkanes of at least 4 members (excludes halogenated alkanes) is 1. The molecule has 0 saturated heterocycles. The van der Waals surface area contributed by atoms with Gasteiger partial charge >= 0.3 is 0 Å². The number of Topliss-reactive ketones (excluding diaryl/α,β-unsaturated/α-hetero) is 1. The Labute approximate surface area is 292 Å². The first-order valence-electron chi connectivity index (χ1n) is 18.1. The van der Waals surface area contributed by atoms with Crippen LogP contribution < -0.4 is 14.4 Å². The van der Waals surface area contributed by atoms with Gasteiger partial charge < -0.3 is 23.7 Å². The molecule has 1 aromatic heterocycles. The summed E-state index contributed by atoms with van der Waals surface area (Å²) in [4.78, 5) is 20.5. The molecule has 0 saturated carbocycles. The summed E-state index contributed by atoms with van der Waals surface area (Å²) in [6, 6.07) is 22.8. The summed E-state index contributed by atoms with van der Waals surface area (Å²) in [5, 5.41) is 0. The molecule has 1 aliphatic heterocycles. The third kappa shape index (κ3) is 10.6. The first kappa shape index (κ1) is 35.9. The van der Waals surface area contributed by atoms with Gasteiger partial charge in [-0.2, -0.15) is 0 Å². The van der Waals surface area contributed by atoms with Crippen molar-refractivity contribution in [3.63, 3.8) is 0 Å². The van der Waals surface area contributed by atoms with E-state index < -0.39 is 0 Å². The Balaban J connectivity index is 1.28. The van der Waals surface area contributed by atoms with E-state index in [-0.39, 0.29) is 5.78 Å². The van der Waals surface area contributed by atoms with Crippen LogP contribution in [0.1, 0.15) is 76.6 Å². The lowest BCUT2D eigenvalue weighted by Gasteiger charge is -2.30. The average Bonchev–Trinajstić information content (AvgIpc) is 3.54. The highest BCUT2D eigenvalue weighted by Gasteiger charge is 2.20. The SMILES string of the molecule is CCCCOCCOc1ccc(-c2ccc3c(c2)C=C(C(=O)Cc2ccc(OCc4cncn4CCC)cc2)CCCN3CC(C)C)cc1. The topological polar surface area (TPSA) is 65.8 Å². The number of anilines is 1. The number of benzene rings is 3. The molecule has 7 nitrogen and oxygen atoms in total. The number of imidazole rings is 1. The molecule has 0 amide bonds. The molecule has 49 heavy (non-hydrogen) atoms. The molecule has 0 radical (unpaired) electrons. The molecule has 7 heteroatoms. The molecular formula is C42H53N3O4. The Bertz CT molecular complexity index is 1640. The van der Waals surface area contributed by atoms with Crippen molar-refractivity contribution in [3.8, 4) is 22.6 Å². The van der Waals surface area contributed by atoms with E-state index in [4.69, 9.17) is 14.2 Å². The van der Waals surface area contributed by atoms with E-state index in [0.29, 0.717) is 32.2 Å². The zero-order chi connectivity index (χ0) is 34.4. The van der Waals surface area contributed by atoms with E-state index >= 15 is 0 Å². The minimum absolute atomic E-state index is 0.172. The van der Waals surface area contributed by atoms with Crippen LogP contribution in [0.5, 0.6) is 11.5 Å².